The lowest BCUT2D eigenvalue weighted by Gasteiger charge is -2.36. The largest absolute Gasteiger partial charge is 0.382 e. The Labute approximate surface area is 117 Å². The van der Waals surface area contributed by atoms with Gasteiger partial charge in [0.05, 0.1) is 33.0 Å². The summed E-state index contributed by atoms with van der Waals surface area (Å²) in [4.78, 5) is 2.47. The molecule has 0 saturated carbocycles. The van der Waals surface area contributed by atoms with E-state index in [4.69, 9.17) is 19.9 Å². The second-order valence-corrected chi connectivity index (χ2v) is 5.28. The zero-order valence-corrected chi connectivity index (χ0v) is 12.5. The zero-order chi connectivity index (χ0) is 13.9. The van der Waals surface area contributed by atoms with Gasteiger partial charge in [0.15, 0.2) is 0 Å². The number of methoxy groups -OCH3 is 1. The van der Waals surface area contributed by atoms with Gasteiger partial charge in [0, 0.05) is 20.2 Å². The molecule has 5 nitrogen and oxygen atoms in total. The van der Waals surface area contributed by atoms with Gasteiger partial charge in [-0.3, -0.25) is 0 Å². The minimum Gasteiger partial charge on any atom is -0.382 e. The Morgan fingerprint density at radius 1 is 1.11 bits per heavy atom. The van der Waals surface area contributed by atoms with Crippen molar-refractivity contribution >= 4 is 0 Å². The fraction of sp³-hybridized carbons (Fsp3) is 1.00. The molecule has 2 N–H and O–H groups in total. The number of hydrogen-bond donors (Lipinski definition) is 1. The zero-order valence-electron chi connectivity index (χ0n) is 12.5. The molecule has 1 heterocycles. The number of nitrogens with zero attached hydrogens (tertiary/aromatic N) is 1. The van der Waals surface area contributed by atoms with E-state index in [2.05, 4.69) is 11.8 Å². The van der Waals surface area contributed by atoms with Crippen LogP contribution >= 0.6 is 0 Å². The molecule has 5 heteroatoms. The van der Waals surface area contributed by atoms with Gasteiger partial charge in [-0.05, 0) is 31.3 Å². The lowest BCUT2D eigenvalue weighted by Crippen LogP contribution is -2.43. The molecule has 0 radical (unpaired) electrons. The summed E-state index contributed by atoms with van der Waals surface area (Å²) in [5, 5.41) is 0. The molecule has 1 aliphatic heterocycles. The minimum atomic E-state index is 0.643. The van der Waals surface area contributed by atoms with E-state index in [0.717, 1.165) is 32.8 Å². The van der Waals surface area contributed by atoms with Crippen molar-refractivity contribution in [1.82, 2.24) is 4.90 Å². The molecule has 2 atom stereocenters. The van der Waals surface area contributed by atoms with Crippen LogP contribution < -0.4 is 5.73 Å². The molecule has 1 aliphatic rings. The average molecular weight is 274 g/mol. The van der Waals surface area contributed by atoms with Crippen molar-refractivity contribution in [3.05, 3.63) is 0 Å². The van der Waals surface area contributed by atoms with Gasteiger partial charge >= 0.3 is 0 Å². The van der Waals surface area contributed by atoms with Crippen molar-refractivity contribution in [3.63, 3.8) is 0 Å². The molecule has 114 valence electrons. The van der Waals surface area contributed by atoms with Crippen LogP contribution in [0.3, 0.4) is 0 Å². The fourth-order valence-electron chi connectivity index (χ4n) is 2.49. The van der Waals surface area contributed by atoms with Crippen LogP contribution in [0.4, 0.5) is 0 Å². The summed E-state index contributed by atoms with van der Waals surface area (Å²) < 4.78 is 15.8. The first kappa shape index (κ1) is 16.9. The Kier molecular flexibility index (Phi) is 9.38. The summed E-state index contributed by atoms with van der Waals surface area (Å²) in [5.41, 5.74) is 5.76. The van der Waals surface area contributed by atoms with E-state index in [1.807, 2.05) is 0 Å². The first-order valence-electron chi connectivity index (χ1n) is 7.34. The highest BCUT2D eigenvalue weighted by Crippen LogP contribution is 2.21. The van der Waals surface area contributed by atoms with Crippen LogP contribution in [-0.2, 0) is 14.2 Å². The molecule has 0 amide bonds. The third kappa shape index (κ3) is 7.22. The molecular formula is C14H30N2O3. The lowest BCUT2D eigenvalue weighted by molar-refractivity contribution is 0.0148. The van der Waals surface area contributed by atoms with Gasteiger partial charge in [0.25, 0.3) is 0 Å². The van der Waals surface area contributed by atoms with E-state index in [1.54, 1.807) is 7.11 Å². The van der Waals surface area contributed by atoms with Crippen LogP contribution in [0.2, 0.25) is 0 Å². The third-order valence-electron chi connectivity index (χ3n) is 3.83. The van der Waals surface area contributed by atoms with E-state index >= 15 is 0 Å². The molecule has 19 heavy (non-hydrogen) atoms. The minimum absolute atomic E-state index is 0.643. The summed E-state index contributed by atoms with van der Waals surface area (Å²) in [6.07, 6.45) is 1.22. The number of piperidine rings is 1. The predicted octanol–water partition coefficient (Wildman–Crippen LogP) is 0.583. The number of rotatable bonds is 10. The second kappa shape index (κ2) is 10.6. The maximum Gasteiger partial charge on any atom is 0.0701 e. The van der Waals surface area contributed by atoms with Gasteiger partial charge in [-0.1, -0.05) is 6.92 Å². The molecule has 0 aromatic carbocycles. The van der Waals surface area contributed by atoms with Crippen molar-refractivity contribution in [1.29, 1.82) is 0 Å². The number of ether oxygens (including phenoxy) is 3. The Balaban J connectivity index is 1.93. The van der Waals surface area contributed by atoms with E-state index in [0.29, 0.717) is 38.3 Å². The quantitative estimate of drug-likeness (QED) is 0.591. The predicted molar refractivity (Wildman–Crippen MR) is 76.3 cm³/mol. The molecule has 0 spiro atoms. The summed E-state index contributed by atoms with van der Waals surface area (Å²) in [5.74, 6) is 1.41. The highest BCUT2D eigenvalue weighted by Gasteiger charge is 2.24. The van der Waals surface area contributed by atoms with Crippen LogP contribution in [-0.4, -0.2) is 71.2 Å². The maximum atomic E-state index is 5.76. The smallest absolute Gasteiger partial charge is 0.0701 e. The van der Waals surface area contributed by atoms with Crippen molar-refractivity contribution < 1.29 is 14.2 Å². The highest BCUT2D eigenvalue weighted by molar-refractivity contribution is 4.78. The van der Waals surface area contributed by atoms with Gasteiger partial charge in [-0.25, -0.2) is 0 Å². The van der Waals surface area contributed by atoms with Gasteiger partial charge in [0.2, 0.25) is 0 Å². The normalized spacial score (nSPS) is 24.8. The topological polar surface area (TPSA) is 57.0 Å². The Hall–Kier alpha value is -0.200. The van der Waals surface area contributed by atoms with Crippen LogP contribution in [0.5, 0.6) is 0 Å². The Morgan fingerprint density at radius 2 is 1.79 bits per heavy atom. The van der Waals surface area contributed by atoms with E-state index in [9.17, 15) is 0 Å². The summed E-state index contributed by atoms with van der Waals surface area (Å²) >= 11 is 0. The van der Waals surface area contributed by atoms with E-state index < -0.39 is 0 Å². The molecule has 2 unspecified atom stereocenters. The van der Waals surface area contributed by atoms with Crippen molar-refractivity contribution in [2.75, 3.05) is 66.3 Å². The Morgan fingerprint density at radius 3 is 2.42 bits per heavy atom. The van der Waals surface area contributed by atoms with Crippen molar-refractivity contribution in [2.45, 2.75) is 13.3 Å². The van der Waals surface area contributed by atoms with Crippen LogP contribution in [0, 0.1) is 11.8 Å². The molecule has 0 bridgehead atoms. The number of nitrogens with two attached hydrogens (primary N) is 1. The highest BCUT2D eigenvalue weighted by atomic mass is 16.5. The Bertz CT molecular complexity index is 217. The molecule has 0 aromatic heterocycles. The van der Waals surface area contributed by atoms with Crippen LogP contribution in [0.15, 0.2) is 0 Å². The summed E-state index contributed by atoms with van der Waals surface area (Å²) in [6, 6.07) is 0. The molecule has 1 saturated heterocycles. The second-order valence-electron chi connectivity index (χ2n) is 5.28. The average Bonchev–Trinajstić information content (AvgIpc) is 2.42. The number of hydrogen-bond acceptors (Lipinski definition) is 5. The summed E-state index contributed by atoms with van der Waals surface area (Å²) in [6.45, 7) is 9.83. The first-order valence-corrected chi connectivity index (χ1v) is 7.34. The molecular weight excluding hydrogens is 244 g/mol. The van der Waals surface area contributed by atoms with E-state index in [-0.39, 0.29) is 0 Å². The monoisotopic (exact) mass is 274 g/mol. The van der Waals surface area contributed by atoms with Gasteiger partial charge in [-0.2, -0.15) is 0 Å². The van der Waals surface area contributed by atoms with Crippen molar-refractivity contribution in [3.8, 4) is 0 Å². The standard InChI is InChI=1S/C14H30N2O3/c1-13-12-16(4-3-14(13)11-15)5-6-18-9-10-19-8-7-17-2/h13-14H,3-12,15H2,1-2H3. The van der Waals surface area contributed by atoms with Gasteiger partial charge < -0.3 is 24.8 Å². The fourth-order valence-corrected chi connectivity index (χ4v) is 2.49. The third-order valence-corrected chi connectivity index (χ3v) is 3.83. The van der Waals surface area contributed by atoms with Gasteiger partial charge in [-0.15, -0.1) is 0 Å². The summed E-state index contributed by atoms with van der Waals surface area (Å²) in [7, 11) is 1.68. The lowest BCUT2D eigenvalue weighted by atomic mass is 9.87. The number of likely N-dealkylation sites (tertiary alicyclic amines) is 1. The van der Waals surface area contributed by atoms with Crippen LogP contribution in [0.25, 0.3) is 0 Å². The molecule has 1 fully saturated rings. The molecule has 0 aliphatic carbocycles. The molecule has 0 aromatic rings. The SMILES string of the molecule is COCCOCCOCCN1CCC(CN)C(C)C1. The first-order chi connectivity index (χ1) is 9.27. The molecule has 1 rings (SSSR count). The van der Waals surface area contributed by atoms with Crippen LogP contribution in [0.1, 0.15) is 13.3 Å². The van der Waals surface area contributed by atoms with Gasteiger partial charge in [0.1, 0.15) is 0 Å². The van der Waals surface area contributed by atoms with Crippen molar-refractivity contribution in [2.24, 2.45) is 17.6 Å². The van der Waals surface area contributed by atoms with E-state index in [1.165, 1.54) is 6.42 Å². The maximum absolute atomic E-state index is 5.76.